The molecule has 0 fully saturated rings. The second-order valence-electron chi connectivity index (χ2n) is 3.98. The molecule has 2 rings (SSSR count). The molecule has 0 unspecified atom stereocenters. The summed E-state index contributed by atoms with van der Waals surface area (Å²) in [5.74, 6) is 1.54. The molecule has 0 atom stereocenters. The van der Waals surface area contributed by atoms with E-state index in [4.69, 9.17) is 15.2 Å². The van der Waals surface area contributed by atoms with Gasteiger partial charge in [-0.25, -0.2) is 0 Å². The molecule has 4 nitrogen and oxygen atoms in total. The molecule has 0 aromatic heterocycles. The fourth-order valence-corrected chi connectivity index (χ4v) is 1.88. The van der Waals surface area contributed by atoms with E-state index in [2.05, 4.69) is 11.8 Å². The number of benzene rings is 1. The monoisotopic (exact) mass is 222 g/mol. The summed E-state index contributed by atoms with van der Waals surface area (Å²) >= 11 is 0. The molecular weight excluding hydrogens is 204 g/mol. The van der Waals surface area contributed by atoms with Crippen LogP contribution in [0.4, 0.5) is 11.4 Å². The second-order valence-corrected chi connectivity index (χ2v) is 3.98. The van der Waals surface area contributed by atoms with Crippen LogP contribution in [0.15, 0.2) is 12.1 Å². The van der Waals surface area contributed by atoms with E-state index in [0.29, 0.717) is 13.2 Å². The molecule has 1 aliphatic rings. The van der Waals surface area contributed by atoms with Crippen molar-refractivity contribution in [3.63, 3.8) is 0 Å². The van der Waals surface area contributed by atoms with Gasteiger partial charge in [-0.15, -0.1) is 0 Å². The minimum Gasteiger partial charge on any atom is -0.486 e. The van der Waals surface area contributed by atoms with Gasteiger partial charge in [-0.2, -0.15) is 0 Å². The quantitative estimate of drug-likeness (QED) is 0.793. The minimum absolute atomic E-state index is 0.594. The summed E-state index contributed by atoms with van der Waals surface area (Å²) in [5.41, 5.74) is 7.74. The number of nitrogen functional groups attached to an aromatic ring is 1. The van der Waals surface area contributed by atoms with Gasteiger partial charge in [-0.3, -0.25) is 0 Å². The Hall–Kier alpha value is -1.58. The zero-order chi connectivity index (χ0) is 11.5. The average molecular weight is 222 g/mol. The molecular formula is C12H18N2O2. The van der Waals surface area contributed by atoms with Crippen molar-refractivity contribution in [1.82, 2.24) is 0 Å². The first-order valence-corrected chi connectivity index (χ1v) is 5.62. The summed E-state index contributed by atoms with van der Waals surface area (Å²) in [4.78, 5) is 2.13. The SMILES string of the molecule is CCCN(C)c1cc2c(cc1N)OCCO2. The van der Waals surface area contributed by atoms with Crippen LogP contribution in [0.5, 0.6) is 11.5 Å². The van der Waals surface area contributed by atoms with E-state index < -0.39 is 0 Å². The molecule has 0 radical (unpaired) electrons. The van der Waals surface area contributed by atoms with Gasteiger partial charge < -0.3 is 20.1 Å². The highest BCUT2D eigenvalue weighted by atomic mass is 16.6. The molecule has 0 aliphatic carbocycles. The zero-order valence-electron chi connectivity index (χ0n) is 9.82. The normalized spacial score (nSPS) is 13.6. The summed E-state index contributed by atoms with van der Waals surface area (Å²) in [7, 11) is 2.03. The largest absolute Gasteiger partial charge is 0.486 e. The summed E-state index contributed by atoms with van der Waals surface area (Å²) in [6, 6.07) is 3.80. The van der Waals surface area contributed by atoms with Crippen molar-refractivity contribution < 1.29 is 9.47 Å². The smallest absolute Gasteiger partial charge is 0.163 e. The van der Waals surface area contributed by atoms with E-state index in [1.165, 1.54) is 0 Å². The molecule has 0 saturated heterocycles. The number of fused-ring (bicyclic) bond motifs is 1. The molecule has 4 heteroatoms. The maximum absolute atomic E-state index is 6.00. The van der Waals surface area contributed by atoms with E-state index >= 15 is 0 Å². The molecule has 1 aliphatic heterocycles. The molecule has 1 aromatic carbocycles. The Kier molecular flexibility index (Phi) is 3.08. The van der Waals surface area contributed by atoms with Crippen LogP contribution >= 0.6 is 0 Å². The topological polar surface area (TPSA) is 47.7 Å². The number of hydrogen-bond acceptors (Lipinski definition) is 4. The lowest BCUT2D eigenvalue weighted by Gasteiger charge is -2.24. The third-order valence-corrected chi connectivity index (χ3v) is 2.66. The molecule has 16 heavy (non-hydrogen) atoms. The number of nitrogens with zero attached hydrogens (tertiary/aromatic N) is 1. The molecule has 1 aromatic rings. The highest BCUT2D eigenvalue weighted by molar-refractivity contribution is 5.73. The fraction of sp³-hybridized carbons (Fsp3) is 0.500. The van der Waals surface area contributed by atoms with Crippen molar-refractivity contribution >= 4 is 11.4 Å². The molecule has 2 N–H and O–H groups in total. The van der Waals surface area contributed by atoms with Crippen LogP contribution in [0.2, 0.25) is 0 Å². The molecule has 0 saturated carbocycles. The second kappa shape index (κ2) is 4.51. The minimum atomic E-state index is 0.594. The van der Waals surface area contributed by atoms with E-state index in [-0.39, 0.29) is 0 Å². The fourth-order valence-electron chi connectivity index (χ4n) is 1.88. The lowest BCUT2D eigenvalue weighted by molar-refractivity contribution is 0.172. The Morgan fingerprint density at radius 1 is 1.25 bits per heavy atom. The summed E-state index contributed by atoms with van der Waals surface area (Å²) in [5, 5.41) is 0. The number of rotatable bonds is 3. The summed E-state index contributed by atoms with van der Waals surface area (Å²) in [6.07, 6.45) is 1.09. The van der Waals surface area contributed by atoms with Crippen LogP contribution in [-0.2, 0) is 0 Å². The van der Waals surface area contributed by atoms with Crippen LogP contribution in [0, 0.1) is 0 Å². The summed E-state index contributed by atoms with van der Waals surface area (Å²) < 4.78 is 11.0. The molecule has 1 heterocycles. The van der Waals surface area contributed by atoms with Crippen LogP contribution in [-0.4, -0.2) is 26.8 Å². The van der Waals surface area contributed by atoms with Crippen molar-refractivity contribution in [2.24, 2.45) is 0 Å². The van der Waals surface area contributed by atoms with Gasteiger partial charge in [0.25, 0.3) is 0 Å². The van der Waals surface area contributed by atoms with Crippen molar-refractivity contribution in [2.75, 3.05) is 37.4 Å². The molecule has 0 amide bonds. The van der Waals surface area contributed by atoms with Gasteiger partial charge in [0.1, 0.15) is 13.2 Å². The molecule has 0 bridgehead atoms. The third-order valence-electron chi connectivity index (χ3n) is 2.66. The van der Waals surface area contributed by atoms with Crippen molar-refractivity contribution in [3.8, 4) is 11.5 Å². The highest BCUT2D eigenvalue weighted by Gasteiger charge is 2.16. The Bertz CT molecular complexity index is 380. The first-order chi connectivity index (χ1) is 7.72. The van der Waals surface area contributed by atoms with E-state index in [9.17, 15) is 0 Å². The van der Waals surface area contributed by atoms with Crippen molar-refractivity contribution in [3.05, 3.63) is 12.1 Å². The number of anilines is 2. The van der Waals surface area contributed by atoms with Crippen LogP contribution < -0.4 is 20.1 Å². The number of ether oxygens (including phenoxy) is 2. The highest BCUT2D eigenvalue weighted by Crippen LogP contribution is 2.38. The Morgan fingerprint density at radius 3 is 2.50 bits per heavy atom. The third kappa shape index (κ3) is 2.01. The van der Waals surface area contributed by atoms with Gasteiger partial charge >= 0.3 is 0 Å². The summed E-state index contributed by atoms with van der Waals surface area (Å²) in [6.45, 7) is 4.32. The van der Waals surface area contributed by atoms with Gasteiger partial charge in [0.2, 0.25) is 0 Å². The predicted octanol–water partition coefficient (Wildman–Crippen LogP) is 1.89. The lowest BCUT2D eigenvalue weighted by Crippen LogP contribution is -2.21. The van der Waals surface area contributed by atoms with Crippen LogP contribution in [0.1, 0.15) is 13.3 Å². The maximum atomic E-state index is 6.00. The van der Waals surface area contributed by atoms with E-state index in [1.807, 2.05) is 19.2 Å². The maximum Gasteiger partial charge on any atom is 0.163 e. The molecule has 0 spiro atoms. The standard InChI is InChI=1S/C12H18N2O2/c1-3-4-14(2)10-8-12-11(7-9(10)13)15-5-6-16-12/h7-8H,3-6,13H2,1-2H3. The lowest BCUT2D eigenvalue weighted by atomic mass is 10.2. The van der Waals surface area contributed by atoms with Gasteiger partial charge in [0, 0.05) is 25.7 Å². The Balaban J connectivity index is 2.31. The molecule has 88 valence electrons. The first kappa shape index (κ1) is 10.9. The van der Waals surface area contributed by atoms with Gasteiger partial charge in [0.15, 0.2) is 11.5 Å². The van der Waals surface area contributed by atoms with Gasteiger partial charge in [0.05, 0.1) is 11.4 Å². The number of hydrogen-bond donors (Lipinski definition) is 1. The van der Waals surface area contributed by atoms with Crippen molar-refractivity contribution in [1.29, 1.82) is 0 Å². The van der Waals surface area contributed by atoms with Crippen molar-refractivity contribution in [2.45, 2.75) is 13.3 Å². The van der Waals surface area contributed by atoms with Crippen LogP contribution in [0.25, 0.3) is 0 Å². The van der Waals surface area contributed by atoms with E-state index in [1.54, 1.807) is 0 Å². The van der Waals surface area contributed by atoms with Gasteiger partial charge in [-0.1, -0.05) is 6.92 Å². The van der Waals surface area contributed by atoms with Crippen LogP contribution in [0.3, 0.4) is 0 Å². The first-order valence-electron chi connectivity index (χ1n) is 5.62. The van der Waals surface area contributed by atoms with Gasteiger partial charge in [-0.05, 0) is 6.42 Å². The number of nitrogens with two attached hydrogens (primary N) is 1. The average Bonchev–Trinajstić information content (AvgIpc) is 2.28. The predicted molar refractivity (Wildman–Crippen MR) is 65.4 cm³/mol. The van der Waals surface area contributed by atoms with E-state index in [0.717, 1.165) is 35.8 Å². The zero-order valence-corrected chi connectivity index (χ0v) is 9.82. The Morgan fingerprint density at radius 2 is 1.88 bits per heavy atom. The Labute approximate surface area is 95.9 Å².